The minimum absolute atomic E-state index is 0.0305. The molecule has 13 rings (SSSR count). The summed E-state index contributed by atoms with van der Waals surface area (Å²) in [4.78, 5) is 87.8. The number of anilines is 3. The number of ether oxygens (including phenoxy) is 5. The van der Waals surface area contributed by atoms with Gasteiger partial charge < -0.3 is 55.8 Å². The lowest BCUT2D eigenvalue weighted by atomic mass is 9.47. The van der Waals surface area contributed by atoms with Crippen molar-refractivity contribution in [2.75, 3.05) is 37.0 Å². The summed E-state index contributed by atoms with van der Waals surface area (Å²) in [7, 11) is -10.1. The van der Waals surface area contributed by atoms with Crippen LogP contribution in [0.4, 0.5) is 17.5 Å². The Morgan fingerprint density at radius 1 is 0.638 bits per heavy atom. The second-order valence-corrected chi connectivity index (χ2v) is 30.4. The van der Waals surface area contributed by atoms with Gasteiger partial charge in [-0.3, -0.25) is 41.4 Å². The van der Waals surface area contributed by atoms with E-state index in [1.54, 1.807) is 0 Å². The average molecular weight is 1350 g/mol. The Morgan fingerprint density at radius 3 is 1.67 bits per heavy atom. The highest BCUT2D eigenvalue weighted by molar-refractivity contribution is 7.47. The van der Waals surface area contributed by atoms with Crippen LogP contribution in [-0.2, 0) is 60.5 Å². The molecule has 10 unspecified atom stereocenters. The second kappa shape index (κ2) is 26.7. The van der Waals surface area contributed by atoms with E-state index in [0.29, 0.717) is 23.7 Å². The van der Waals surface area contributed by atoms with E-state index in [-0.39, 0.29) is 94.6 Å². The molecule has 0 amide bonds. The fraction of sp³-hybridized carbons (Fsp3) is 0.689. The number of aliphatic hydroxyl groups excluding tert-OH is 1. The molecule has 4 aliphatic carbocycles. The van der Waals surface area contributed by atoms with E-state index in [1.165, 1.54) is 102 Å². The van der Waals surface area contributed by atoms with Gasteiger partial charge in [0.25, 0.3) is 0 Å². The number of phosphoric acid groups is 2. The normalized spacial score (nSPS) is 33.3. The van der Waals surface area contributed by atoms with Gasteiger partial charge in [-0.25, -0.2) is 54.0 Å². The predicted molar refractivity (Wildman–Crippen MR) is 335 cm³/mol. The van der Waals surface area contributed by atoms with Crippen molar-refractivity contribution in [3.05, 3.63) is 49.6 Å². The van der Waals surface area contributed by atoms with Crippen molar-refractivity contribution < 1.29 is 75.4 Å². The van der Waals surface area contributed by atoms with Crippen molar-refractivity contribution in [3.8, 4) is 0 Å². The van der Waals surface area contributed by atoms with Crippen molar-refractivity contribution in [1.29, 1.82) is 0 Å². The first-order valence-electron chi connectivity index (χ1n) is 32.7. The zero-order valence-electron chi connectivity index (χ0n) is 53.4. The predicted octanol–water partition coefficient (Wildman–Crippen LogP) is 7.76. The number of fused-ring (bicyclic) bond motifs is 8. The number of nitrogen functional groups attached to an aromatic ring is 3. The van der Waals surface area contributed by atoms with Crippen LogP contribution >= 0.6 is 15.6 Å². The van der Waals surface area contributed by atoms with Crippen molar-refractivity contribution in [2.24, 2.45) is 46.3 Å². The third kappa shape index (κ3) is 13.2. The molecule has 6 aromatic rings. The van der Waals surface area contributed by atoms with Crippen molar-refractivity contribution in [3.63, 3.8) is 0 Å². The number of phosphoric ester groups is 2. The van der Waals surface area contributed by atoms with Gasteiger partial charge in [0.05, 0.1) is 70.0 Å². The van der Waals surface area contributed by atoms with Crippen LogP contribution in [-0.4, -0.2) is 148 Å². The number of nitrogens with zero attached hydrogens (tertiary/aromatic N) is 12. The van der Waals surface area contributed by atoms with Crippen LogP contribution in [0, 0.1) is 46.3 Å². The van der Waals surface area contributed by atoms with Gasteiger partial charge in [0.2, 0.25) is 0 Å². The zero-order chi connectivity index (χ0) is 66.0. The Kier molecular flexibility index (Phi) is 18.8. The first-order valence-corrected chi connectivity index (χ1v) is 35.7. The summed E-state index contributed by atoms with van der Waals surface area (Å²) in [5, 5.41) is 10.00. The van der Waals surface area contributed by atoms with Gasteiger partial charge in [-0.2, -0.15) is 0 Å². The van der Waals surface area contributed by atoms with Gasteiger partial charge in [0, 0.05) is 25.7 Å². The largest absolute Gasteiger partial charge is 0.472 e. The number of rotatable bonds is 24. The molecule has 510 valence electrons. The Hall–Kier alpha value is -6.21. The highest BCUT2D eigenvalue weighted by Gasteiger charge is 2.59. The fourth-order valence-electron chi connectivity index (χ4n) is 16.9. The second-order valence-electron chi connectivity index (χ2n) is 27.6. The number of esters is 2. The van der Waals surface area contributed by atoms with Crippen LogP contribution in [0.5, 0.6) is 0 Å². The number of aromatic nitrogens is 12. The van der Waals surface area contributed by atoms with Gasteiger partial charge in [-0.15, -0.1) is 0 Å². The molecule has 94 heavy (non-hydrogen) atoms. The first-order chi connectivity index (χ1) is 45.0. The fourth-order valence-corrected chi connectivity index (χ4v) is 18.8. The highest BCUT2D eigenvalue weighted by atomic mass is 31.2. The molecular formula is C61H85N15O16P2. The van der Waals surface area contributed by atoms with E-state index in [4.69, 9.17) is 59.0 Å². The number of hydrogen-bond acceptors (Lipinski definition) is 26. The standard InChI is InChI=1S/C61H85N15O16P2/c1-32(2)7-6-8-33(3)40-11-12-41-39-10-9-34-19-35(15-17-60(34,4)42(39)16-18-61(40,41)5)86-46(78)13-14-47(79)90-43-21-37(88-57(43)74-29-71-48-51(62)65-26-68-54(48)74)24-84-94(82,83)92-45-22-38(89-59(45)76-31-73-50-53(64)67-28-70-56(50)76)25-85-93(80,81)91-44-20-36(23-77)87-58(44)75-30-72-49-52(63)66-27-69-55(49)75/h9,26-33,35-45,57-59,77H,6-8,10-25H2,1-5H3,(H,80,81)(H,82,83)(H2,62,65,68)(H2,63,66,69)(H2,64,67,70)/t33?,35?,36-,37-,38-,39?,40?,41?,42?,43+,44+,45+,57+,58+,59+,60?,61?/m0/s1. The molecule has 9 N–H and O–H groups in total. The van der Waals surface area contributed by atoms with Gasteiger partial charge >= 0.3 is 27.6 Å². The van der Waals surface area contributed by atoms with Crippen LogP contribution in [0.3, 0.4) is 0 Å². The summed E-state index contributed by atoms with van der Waals surface area (Å²) in [6.07, 6.45) is 11.7. The molecule has 6 aromatic heterocycles. The number of carbonyl (C=O) groups is 2. The smallest absolute Gasteiger partial charge is 0.462 e. The Labute approximate surface area is 542 Å². The lowest BCUT2D eigenvalue weighted by Crippen LogP contribution is -2.51. The summed E-state index contributed by atoms with van der Waals surface area (Å²) in [5.74, 6) is 3.32. The summed E-state index contributed by atoms with van der Waals surface area (Å²) in [5.41, 5.74) is 21.5. The molecule has 0 spiro atoms. The molecule has 7 aliphatic rings. The topological polar surface area (TPSA) is 421 Å². The van der Waals surface area contributed by atoms with Crippen molar-refractivity contribution in [1.82, 2.24) is 58.6 Å². The average Bonchev–Trinajstić information content (AvgIpc) is 1.39. The van der Waals surface area contributed by atoms with E-state index in [0.717, 1.165) is 42.9 Å². The van der Waals surface area contributed by atoms with Gasteiger partial charge in [0.1, 0.15) is 59.9 Å². The third-order valence-electron chi connectivity index (χ3n) is 21.4. The number of imidazole rings is 3. The van der Waals surface area contributed by atoms with E-state index in [2.05, 4.69) is 85.6 Å². The summed E-state index contributed by atoms with van der Waals surface area (Å²) in [6, 6.07) is 0. The van der Waals surface area contributed by atoms with Crippen LogP contribution in [0.1, 0.15) is 156 Å². The monoisotopic (exact) mass is 1350 g/mol. The van der Waals surface area contributed by atoms with Gasteiger partial charge in [-0.1, -0.05) is 65.5 Å². The molecule has 9 heterocycles. The molecule has 3 saturated heterocycles. The van der Waals surface area contributed by atoms with Crippen molar-refractivity contribution >= 4 is 78.5 Å². The molecule has 0 radical (unpaired) electrons. The third-order valence-corrected chi connectivity index (χ3v) is 23.4. The Balaban J connectivity index is 0.632. The van der Waals surface area contributed by atoms with Crippen molar-refractivity contribution in [2.45, 2.75) is 199 Å². The molecular weight excluding hydrogens is 1260 g/mol. The summed E-state index contributed by atoms with van der Waals surface area (Å²) >= 11 is 0. The number of carbonyl (C=O) groups excluding carboxylic acids is 2. The van der Waals surface area contributed by atoms with Crippen LogP contribution < -0.4 is 17.2 Å². The van der Waals surface area contributed by atoms with Crippen LogP contribution in [0.25, 0.3) is 33.5 Å². The van der Waals surface area contributed by atoms with Crippen LogP contribution in [0.15, 0.2) is 49.6 Å². The minimum Gasteiger partial charge on any atom is -0.462 e. The molecule has 0 bridgehead atoms. The molecule has 6 fully saturated rings. The van der Waals surface area contributed by atoms with E-state index in [9.17, 15) is 33.6 Å². The molecule has 31 nitrogen and oxygen atoms in total. The number of aliphatic hydroxyl groups is 1. The van der Waals surface area contributed by atoms with E-state index in [1.807, 2.05) is 0 Å². The summed E-state index contributed by atoms with van der Waals surface area (Å²) in [6.45, 7) is 10.6. The number of nitrogens with two attached hydrogens (primary N) is 3. The summed E-state index contributed by atoms with van der Waals surface area (Å²) < 4.78 is 85.7. The van der Waals surface area contributed by atoms with E-state index < -0.39 is 103 Å². The first kappa shape index (κ1) is 66.4. The lowest BCUT2D eigenvalue weighted by molar-refractivity contribution is -0.160. The maximum Gasteiger partial charge on any atom is 0.472 e. The van der Waals surface area contributed by atoms with E-state index >= 15 is 0 Å². The zero-order valence-corrected chi connectivity index (χ0v) is 55.1. The molecule has 33 heteroatoms. The molecule has 19 atom stereocenters. The maximum atomic E-state index is 14.1. The van der Waals surface area contributed by atoms with Gasteiger partial charge in [-0.05, 0) is 91.3 Å². The Bertz CT molecular complexity index is 3890. The lowest BCUT2D eigenvalue weighted by Gasteiger charge is -2.58. The quantitative estimate of drug-likeness (QED) is 0.0191. The number of hydrogen-bond donors (Lipinski definition) is 6. The maximum absolute atomic E-state index is 14.1. The minimum atomic E-state index is -5.11. The van der Waals surface area contributed by atoms with Gasteiger partial charge in [0.15, 0.2) is 53.1 Å². The molecule has 3 aliphatic heterocycles. The number of allylic oxidation sites excluding steroid dienone is 1. The van der Waals surface area contributed by atoms with Crippen LogP contribution in [0.2, 0.25) is 0 Å². The molecule has 3 saturated carbocycles. The SMILES string of the molecule is CC(C)CCCC(C)C1CCC2C3CC=C4CC(OC(=O)CCC(=O)O[C@@H]5C[C@@H](COP(=O)(O)O[C@@H]6C[C@@H](COP(=O)(O)O[C@@H]7C[C@@H](CO)O[C@H]7n7cnc8c(N)ncnc87)O[C@H]6n6cnc7c(N)ncnc76)O[C@H]5n5cnc6c(N)ncnc65)CCC4(C)C3CCC12C. The highest BCUT2D eigenvalue weighted by Crippen LogP contribution is 2.68. The Morgan fingerprint density at radius 2 is 1.14 bits per heavy atom. The molecule has 0 aromatic carbocycles.